The molecule has 7 nitrogen and oxygen atoms in total. The summed E-state index contributed by atoms with van der Waals surface area (Å²) < 4.78 is 1.32. The van der Waals surface area contributed by atoms with Crippen LogP contribution in [0.1, 0.15) is 43.1 Å². The van der Waals surface area contributed by atoms with Crippen LogP contribution in [0.25, 0.3) is 0 Å². The van der Waals surface area contributed by atoms with Gasteiger partial charge in [0.2, 0.25) is 0 Å². The fourth-order valence-electron chi connectivity index (χ4n) is 3.02. The first-order chi connectivity index (χ1) is 12.2. The summed E-state index contributed by atoms with van der Waals surface area (Å²) in [4.78, 5) is 30.7. The molecule has 0 saturated carbocycles. The van der Waals surface area contributed by atoms with Crippen LogP contribution in [-0.4, -0.2) is 33.8 Å². The lowest BCUT2D eigenvalue weighted by molar-refractivity contribution is 0.101. The highest BCUT2D eigenvalue weighted by Gasteiger charge is 2.17. The molecule has 1 N–H and O–H groups in total. The predicted molar refractivity (Wildman–Crippen MR) is 97.0 cm³/mol. The Kier molecular flexibility index (Phi) is 5.42. The van der Waals surface area contributed by atoms with E-state index in [0.29, 0.717) is 12.2 Å². The quantitative estimate of drug-likeness (QED) is 0.902. The van der Waals surface area contributed by atoms with E-state index < -0.39 is 0 Å². The number of hydrogen-bond acceptors (Lipinski definition) is 5. The average molecular weight is 341 g/mol. The zero-order valence-corrected chi connectivity index (χ0v) is 14.4. The fraction of sp³-hybridized carbons (Fsp3) is 0.444. The van der Waals surface area contributed by atoms with Crippen molar-refractivity contribution < 1.29 is 4.79 Å². The van der Waals surface area contributed by atoms with Crippen molar-refractivity contribution in [1.29, 1.82) is 0 Å². The number of anilines is 2. The number of nitrogens with zero attached hydrogens (tertiary/aromatic N) is 4. The minimum absolute atomic E-state index is 0.200. The summed E-state index contributed by atoms with van der Waals surface area (Å²) in [6.07, 6.45) is 7.72. The van der Waals surface area contributed by atoms with Crippen molar-refractivity contribution in [2.75, 3.05) is 23.3 Å². The molecule has 1 saturated heterocycles. The zero-order valence-electron chi connectivity index (χ0n) is 14.4. The van der Waals surface area contributed by atoms with Gasteiger partial charge in [-0.15, -0.1) is 0 Å². The van der Waals surface area contributed by atoms with Gasteiger partial charge in [-0.25, -0.2) is 4.68 Å². The van der Waals surface area contributed by atoms with Crippen LogP contribution >= 0.6 is 0 Å². The molecule has 0 atom stereocenters. The summed E-state index contributed by atoms with van der Waals surface area (Å²) >= 11 is 0. The summed E-state index contributed by atoms with van der Waals surface area (Å²) in [5.41, 5.74) is 1.67. The summed E-state index contributed by atoms with van der Waals surface area (Å²) in [6, 6.07) is 4.76. The van der Waals surface area contributed by atoms with Crippen molar-refractivity contribution in [2.24, 2.45) is 0 Å². The molecule has 7 heteroatoms. The van der Waals surface area contributed by atoms with Gasteiger partial charge in [-0.3, -0.25) is 14.6 Å². The minimum Gasteiger partial charge on any atom is -0.370 e. The number of nitrogens with one attached hydrogen (secondary N) is 1. The molecular weight excluding hydrogens is 318 g/mol. The molecule has 0 aliphatic carbocycles. The zero-order chi connectivity index (χ0) is 17.6. The number of pyridine rings is 1. The Balaban J connectivity index is 1.81. The maximum absolute atomic E-state index is 12.6. The smallest absolute Gasteiger partial charge is 0.276 e. The molecule has 1 aliphatic rings. The van der Waals surface area contributed by atoms with Gasteiger partial charge in [0.05, 0.1) is 17.6 Å². The van der Waals surface area contributed by atoms with Gasteiger partial charge in [-0.05, 0) is 37.8 Å². The van der Waals surface area contributed by atoms with Crippen LogP contribution in [-0.2, 0) is 6.54 Å². The number of carbonyl (C=O) groups excluding carboxylic acids is 1. The van der Waals surface area contributed by atoms with Crippen molar-refractivity contribution >= 4 is 17.3 Å². The van der Waals surface area contributed by atoms with Gasteiger partial charge in [0, 0.05) is 31.9 Å². The van der Waals surface area contributed by atoms with E-state index >= 15 is 0 Å². The standard InChI is InChI=1S/C18H23N5O2/c1-2-10-23-17(24)7-6-14(21-23)18(25)20-15-13-19-9-8-16(15)22-11-4-3-5-12-22/h6-9,13H,2-5,10-12H2,1H3,(H,20,25). The SMILES string of the molecule is CCCn1nc(C(=O)Nc2cnccc2N2CCCCC2)ccc1=O. The Morgan fingerprint density at radius 3 is 2.76 bits per heavy atom. The second-order valence-electron chi connectivity index (χ2n) is 6.17. The first-order valence-electron chi connectivity index (χ1n) is 8.77. The predicted octanol–water partition coefficient (Wildman–Crippen LogP) is 2.29. The minimum atomic E-state index is -0.337. The monoisotopic (exact) mass is 341 g/mol. The molecule has 0 aromatic carbocycles. The molecule has 0 bridgehead atoms. The molecule has 0 unspecified atom stereocenters. The first-order valence-corrected chi connectivity index (χ1v) is 8.77. The normalized spacial score (nSPS) is 14.4. The number of piperidine rings is 1. The van der Waals surface area contributed by atoms with Gasteiger partial charge in [0.15, 0.2) is 0 Å². The number of carbonyl (C=O) groups is 1. The van der Waals surface area contributed by atoms with Crippen LogP contribution in [0.5, 0.6) is 0 Å². The highest BCUT2D eigenvalue weighted by molar-refractivity contribution is 6.04. The van der Waals surface area contributed by atoms with Crippen LogP contribution in [0.3, 0.4) is 0 Å². The summed E-state index contributed by atoms with van der Waals surface area (Å²) in [6.45, 7) is 4.41. The van der Waals surface area contributed by atoms with Gasteiger partial charge < -0.3 is 10.2 Å². The van der Waals surface area contributed by atoms with E-state index in [1.807, 2.05) is 13.0 Å². The van der Waals surface area contributed by atoms with Crippen LogP contribution in [0.4, 0.5) is 11.4 Å². The summed E-state index contributed by atoms with van der Waals surface area (Å²) in [7, 11) is 0. The fourth-order valence-corrected chi connectivity index (χ4v) is 3.02. The lowest BCUT2D eigenvalue weighted by Gasteiger charge is -2.30. The molecule has 1 aliphatic heterocycles. The number of aryl methyl sites for hydroxylation is 1. The molecule has 3 heterocycles. The maximum Gasteiger partial charge on any atom is 0.276 e. The Morgan fingerprint density at radius 2 is 2.00 bits per heavy atom. The van der Waals surface area contributed by atoms with Crippen molar-refractivity contribution in [3.8, 4) is 0 Å². The van der Waals surface area contributed by atoms with E-state index in [2.05, 4.69) is 20.3 Å². The third kappa shape index (κ3) is 4.04. The van der Waals surface area contributed by atoms with E-state index in [4.69, 9.17) is 0 Å². The van der Waals surface area contributed by atoms with Crippen molar-refractivity contribution in [1.82, 2.24) is 14.8 Å². The lowest BCUT2D eigenvalue weighted by atomic mass is 10.1. The van der Waals surface area contributed by atoms with Crippen molar-refractivity contribution in [2.45, 2.75) is 39.2 Å². The second kappa shape index (κ2) is 7.92. The number of amides is 1. The molecule has 25 heavy (non-hydrogen) atoms. The third-order valence-corrected chi connectivity index (χ3v) is 4.28. The van der Waals surface area contributed by atoms with E-state index in [1.54, 1.807) is 12.4 Å². The van der Waals surface area contributed by atoms with Crippen molar-refractivity contribution in [3.63, 3.8) is 0 Å². The van der Waals surface area contributed by atoms with Gasteiger partial charge in [-0.1, -0.05) is 6.92 Å². The molecule has 132 valence electrons. The molecule has 1 fully saturated rings. The highest BCUT2D eigenvalue weighted by atomic mass is 16.2. The maximum atomic E-state index is 12.6. The van der Waals surface area contributed by atoms with Crippen LogP contribution in [0.15, 0.2) is 35.4 Å². The largest absolute Gasteiger partial charge is 0.370 e. The molecule has 3 rings (SSSR count). The summed E-state index contributed by atoms with van der Waals surface area (Å²) in [5, 5.41) is 7.05. The number of aromatic nitrogens is 3. The Bertz CT molecular complexity index is 796. The Labute approximate surface area is 146 Å². The van der Waals surface area contributed by atoms with E-state index in [-0.39, 0.29) is 17.2 Å². The first kappa shape index (κ1) is 17.1. The van der Waals surface area contributed by atoms with Crippen LogP contribution < -0.4 is 15.8 Å². The Morgan fingerprint density at radius 1 is 1.20 bits per heavy atom. The highest BCUT2D eigenvalue weighted by Crippen LogP contribution is 2.27. The van der Waals surface area contributed by atoms with Gasteiger partial charge in [0.1, 0.15) is 5.69 Å². The molecule has 1 amide bonds. The van der Waals surface area contributed by atoms with E-state index in [1.165, 1.54) is 23.2 Å². The van der Waals surface area contributed by atoms with E-state index in [9.17, 15) is 9.59 Å². The van der Waals surface area contributed by atoms with Gasteiger partial charge in [-0.2, -0.15) is 5.10 Å². The summed E-state index contributed by atoms with van der Waals surface area (Å²) in [5.74, 6) is -0.337. The average Bonchev–Trinajstić information content (AvgIpc) is 2.65. The lowest BCUT2D eigenvalue weighted by Crippen LogP contribution is -2.31. The number of hydrogen-bond donors (Lipinski definition) is 1. The Hall–Kier alpha value is -2.70. The topological polar surface area (TPSA) is 80.1 Å². The molecular formula is C18H23N5O2. The molecule has 2 aromatic heterocycles. The third-order valence-electron chi connectivity index (χ3n) is 4.28. The number of rotatable bonds is 5. The van der Waals surface area contributed by atoms with Gasteiger partial charge >= 0.3 is 0 Å². The van der Waals surface area contributed by atoms with Crippen molar-refractivity contribution in [3.05, 3.63) is 46.6 Å². The van der Waals surface area contributed by atoms with Gasteiger partial charge in [0.25, 0.3) is 11.5 Å². The molecule has 0 spiro atoms. The molecule has 2 aromatic rings. The van der Waals surface area contributed by atoms with Crippen LogP contribution in [0, 0.1) is 0 Å². The second-order valence-corrected chi connectivity index (χ2v) is 6.17. The molecule has 0 radical (unpaired) electrons. The van der Waals surface area contributed by atoms with Crippen LogP contribution in [0.2, 0.25) is 0 Å². The van der Waals surface area contributed by atoms with E-state index in [0.717, 1.165) is 38.0 Å².